The van der Waals surface area contributed by atoms with E-state index in [0.717, 1.165) is 82.9 Å². The van der Waals surface area contributed by atoms with E-state index in [4.69, 9.17) is 14.4 Å². The van der Waals surface area contributed by atoms with Crippen molar-refractivity contribution in [2.75, 3.05) is 0 Å². The van der Waals surface area contributed by atoms with Gasteiger partial charge in [-0.25, -0.2) is 9.98 Å². The average Bonchev–Trinajstić information content (AvgIpc) is 3.89. The zero-order chi connectivity index (χ0) is 43.3. The van der Waals surface area contributed by atoms with Crippen LogP contribution in [-0.4, -0.2) is 16.2 Å². The van der Waals surface area contributed by atoms with E-state index in [1.54, 1.807) is 0 Å². The number of amidine groups is 2. The van der Waals surface area contributed by atoms with Crippen LogP contribution in [0.2, 0.25) is 0 Å². The molecule has 14 rings (SSSR count). The van der Waals surface area contributed by atoms with Crippen LogP contribution in [0.5, 0.6) is 0 Å². The maximum atomic E-state index is 7.09. The topological polar surface area (TPSA) is 54.8 Å². The van der Waals surface area contributed by atoms with Crippen molar-refractivity contribution < 1.29 is 4.42 Å². The van der Waals surface area contributed by atoms with Gasteiger partial charge in [0.05, 0.1) is 16.7 Å². The highest BCUT2D eigenvalue weighted by Crippen LogP contribution is 2.42. The normalized spacial score (nSPS) is 14.2. The fourth-order valence-electron chi connectivity index (χ4n) is 10.2. The van der Waals surface area contributed by atoms with Crippen molar-refractivity contribution in [3.8, 4) is 16.8 Å². The molecule has 0 bridgehead atoms. The van der Waals surface area contributed by atoms with Crippen molar-refractivity contribution in [3.63, 3.8) is 0 Å². The van der Waals surface area contributed by atoms with Crippen molar-refractivity contribution in [3.05, 3.63) is 235 Å². The Bertz CT molecular complexity index is 4100. The fourth-order valence-corrected chi connectivity index (χ4v) is 10.2. The Balaban J connectivity index is 1.05. The smallest absolute Gasteiger partial charge is 0.159 e. The van der Waals surface area contributed by atoms with Crippen LogP contribution in [0.25, 0.3) is 104 Å². The first-order valence-electron chi connectivity index (χ1n) is 22.5. The number of rotatable bonds is 5. The van der Waals surface area contributed by atoms with Crippen LogP contribution in [0.3, 0.4) is 0 Å². The molecule has 13 aromatic rings. The highest BCUT2D eigenvalue weighted by Gasteiger charge is 2.26. The molecular weight excluding hydrogens is 805 g/mol. The number of nitrogens with one attached hydrogen (secondary N) is 1. The van der Waals surface area contributed by atoms with Gasteiger partial charge in [-0.05, 0) is 114 Å². The molecule has 5 heteroatoms. The van der Waals surface area contributed by atoms with Gasteiger partial charge in [0.25, 0.3) is 0 Å². The second kappa shape index (κ2) is 14.4. The molecule has 1 unspecified atom stereocenters. The van der Waals surface area contributed by atoms with Gasteiger partial charge < -0.3 is 14.3 Å². The first kappa shape index (κ1) is 36.7. The van der Waals surface area contributed by atoms with Crippen LogP contribution >= 0.6 is 0 Å². The summed E-state index contributed by atoms with van der Waals surface area (Å²) in [4.78, 5) is 10.9. The number of hydrogen-bond donors (Lipinski definition) is 1. The van der Waals surface area contributed by atoms with E-state index in [9.17, 15) is 0 Å². The molecule has 2 aromatic heterocycles. The largest absolute Gasteiger partial charge is 0.454 e. The van der Waals surface area contributed by atoms with Gasteiger partial charge in [-0.2, -0.15) is 0 Å². The second-order valence-corrected chi connectivity index (χ2v) is 17.4. The lowest BCUT2D eigenvalue weighted by Gasteiger charge is -2.24. The SMILES string of the molecule is c1ccc(-c2ccc(C3=NC(c4cc(-n5c6cc7ccccc7cc6c6cc7ccccc7cc65)c5oc6cc7ccccc7cc6c5c4)=NC(c4ccc5ccccc5c4)N3)cc2)cc1. The van der Waals surface area contributed by atoms with Gasteiger partial charge in [-0.3, -0.25) is 0 Å². The maximum absolute atomic E-state index is 7.09. The van der Waals surface area contributed by atoms with Gasteiger partial charge in [0.15, 0.2) is 11.4 Å². The molecule has 5 nitrogen and oxygen atoms in total. The summed E-state index contributed by atoms with van der Waals surface area (Å²) in [6, 6.07) is 78.3. The minimum atomic E-state index is -0.402. The van der Waals surface area contributed by atoms with Gasteiger partial charge in [0, 0.05) is 32.7 Å². The van der Waals surface area contributed by atoms with E-state index in [1.807, 2.05) is 0 Å². The lowest BCUT2D eigenvalue weighted by molar-refractivity contribution is 0.666. The maximum Gasteiger partial charge on any atom is 0.159 e. The lowest BCUT2D eigenvalue weighted by Crippen LogP contribution is -2.33. The number of furan rings is 1. The molecule has 11 aromatic carbocycles. The van der Waals surface area contributed by atoms with Crippen LogP contribution in [-0.2, 0) is 0 Å². The predicted octanol–water partition coefficient (Wildman–Crippen LogP) is 15.5. The highest BCUT2D eigenvalue weighted by atomic mass is 16.3. The molecule has 0 spiro atoms. The van der Waals surface area contributed by atoms with E-state index in [-0.39, 0.29) is 0 Å². The Hall–Kier alpha value is -8.80. The van der Waals surface area contributed by atoms with Gasteiger partial charge >= 0.3 is 0 Å². The quantitative estimate of drug-likeness (QED) is 0.188. The van der Waals surface area contributed by atoms with Crippen molar-refractivity contribution in [1.82, 2.24) is 9.88 Å². The van der Waals surface area contributed by atoms with Crippen LogP contribution in [0.15, 0.2) is 233 Å². The molecule has 3 heterocycles. The monoisotopic (exact) mass is 842 g/mol. The van der Waals surface area contributed by atoms with E-state index in [2.05, 4.69) is 228 Å². The molecule has 0 saturated carbocycles. The summed E-state index contributed by atoms with van der Waals surface area (Å²) in [6.07, 6.45) is -0.402. The number of nitrogens with zero attached hydrogens (tertiary/aromatic N) is 3. The van der Waals surface area contributed by atoms with Crippen molar-refractivity contribution in [2.24, 2.45) is 9.98 Å². The minimum Gasteiger partial charge on any atom is -0.454 e. The zero-order valence-corrected chi connectivity index (χ0v) is 35.6. The summed E-state index contributed by atoms with van der Waals surface area (Å²) >= 11 is 0. The highest BCUT2D eigenvalue weighted by molar-refractivity contribution is 6.21. The molecule has 0 fully saturated rings. The Morgan fingerprint density at radius 1 is 0.394 bits per heavy atom. The van der Waals surface area contributed by atoms with Crippen LogP contribution in [0, 0.1) is 0 Å². The molecular formula is C61H38N4O. The summed E-state index contributed by atoms with van der Waals surface area (Å²) in [7, 11) is 0. The average molecular weight is 843 g/mol. The summed E-state index contributed by atoms with van der Waals surface area (Å²) < 4.78 is 9.50. The third-order valence-electron chi connectivity index (χ3n) is 13.5. The number of hydrogen-bond acceptors (Lipinski definition) is 4. The molecule has 0 radical (unpaired) electrons. The van der Waals surface area contributed by atoms with Crippen LogP contribution in [0.4, 0.5) is 0 Å². The van der Waals surface area contributed by atoms with Gasteiger partial charge in [0.2, 0.25) is 0 Å². The molecule has 308 valence electrons. The van der Waals surface area contributed by atoms with Gasteiger partial charge in [-0.1, -0.05) is 164 Å². The van der Waals surface area contributed by atoms with Crippen LogP contribution in [0.1, 0.15) is 22.9 Å². The zero-order valence-electron chi connectivity index (χ0n) is 35.6. The summed E-state index contributed by atoms with van der Waals surface area (Å²) in [6.45, 7) is 0. The first-order valence-corrected chi connectivity index (χ1v) is 22.5. The summed E-state index contributed by atoms with van der Waals surface area (Å²) in [5.41, 5.74) is 10.0. The number of fused-ring (bicyclic) bond motifs is 10. The number of aromatic nitrogens is 1. The summed E-state index contributed by atoms with van der Waals surface area (Å²) in [5.74, 6) is 1.40. The van der Waals surface area contributed by atoms with Crippen molar-refractivity contribution in [2.45, 2.75) is 6.17 Å². The Morgan fingerprint density at radius 3 is 1.55 bits per heavy atom. The van der Waals surface area contributed by atoms with E-state index < -0.39 is 6.17 Å². The third-order valence-corrected chi connectivity index (χ3v) is 13.5. The predicted molar refractivity (Wildman–Crippen MR) is 275 cm³/mol. The van der Waals surface area contributed by atoms with Crippen molar-refractivity contribution >= 4 is 98.5 Å². The minimum absolute atomic E-state index is 0.402. The van der Waals surface area contributed by atoms with Crippen molar-refractivity contribution in [1.29, 1.82) is 0 Å². The Morgan fingerprint density at radius 2 is 0.909 bits per heavy atom. The lowest BCUT2D eigenvalue weighted by atomic mass is 10.0. The summed E-state index contributed by atoms with van der Waals surface area (Å²) in [5, 5.41) is 17.6. The van der Waals surface area contributed by atoms with Gasteiger partial charge in [-0.15, -0.1) is 0 Å². The third kappa shape index (κ3) is 5.87. The molecule has 1 aliphatic heterocycles. The first-order chi connectivity index (χ1) is 32.6. The Kier molecular flexibility index (Phi) is 7.98. The van der Waals surface area contributed by atoms with Gasteiger partial charge in [0.1, 0.15) is 17.6 Å². The molecule has 0 amide bonds. The molecule has 1 N–H and O–H groups in total. The Labute approximate surface area is 379 Å². The number of aliphatic imine (C=N–C) groups is 2. The van der Waals surface area contributed by atoms with Crippen LogP contribution < -0.4 is 5.32 Å². The standard InChI is InChI=1S/C61H38N4O/c1-2-12-37(13-3-1)39-22-25-40(26-23-39)59-62-60(48-27-24-38-14-4-5-15-41(38)28-48)64-61(63-59)49-32-53-52-31-44-18-8-11-21-47(44)36-57(52)66-58(53)56(35-49)65-54-33-45-19-9-6-16-42(45)29-50(54)51-30-43-17-7-10-20-46(43)34-55(51)65/h1-36,60H,(H,62,63,64). The number of benzene rings is 11. The fraction of sp³-hybridized carbons (Fsp3) is 0.0164. The van der Waals surface area contributed by atoms with E-state index in [1.165, 1.54) is 43.3 Å². The molecule has 66 heavy (non-hydrogen) atoms. The van der Waals surface area contributed by atoms with E-state index in [0.29, 0.717) is 5.84 Å². The molecule has 0 aliphatic carbocycles. The second-order valence-electron chi connectivity index (χ2n) is 17.4. The molecule has 0 saturated heterocycles. The molecule has 1 aliphatic rings. The van der Waals surface area contributed by atoms with E-state index >= 15 is 0 Å². The molecule has 1 atom stereocenters.